The van der Waals surface area contributed by atoms with Crippen molar-refractivity contribution in [2.24, 2.45) is 0 Å². The summed E-state index contributed by atoms with van der Waals surface area (Å²) in [6.45, 7) is 0. The number of hydrogen-bond acceptors (Lipinski definition) is 4. The Balaban J connectivity index is 2.50. The van der Waals surface area contributed by atoms with Gasteiger partial charge in [0, 0.05) is 5.39 Å². The molecular weight excluding hydrogens is 312 g/mol. The average molecular weight is 325 g/mol. The molecule has 0 aliphatic rings. The minimum Gasteiger partial charge on any atom is -0.540 e. The molecule has 0 atom stereocenters. The smallest absolute Gasteiger partial charge is 0.341 e. The molecule has 3 rings (SSSR count). The zero-order valence-electron chi connectivity index (χ0n) is 12.5. The lowest BCUT2D eigenvalue weighted by Gasteiger charge is -2.13. The van der Waals surface area contributed by atoms with E-state index < -0.39 is 5.97 Å². The summed E-state index contributed by atoms with van der Waals surface area (Å²) in [4.78, 5) is 11.6. The van der Waals surface area contributed by atoms with Gasteiger partial charge in [-0.15, -0.1) is 0 Å². The zero-order valence-corrected chi connectivity index (χ0v) is 13.5. The van der Waals surface area contributed by atoms with Crippen molar-refractivity contribution in [1.29, 1.82) is 0 Å². The predicted molar refractivity (Wildman–Crippen MR) is 87.9 cm³/mol. The molecule has 0 saturated carbocycles. The largest absolute Gasteiger partial charge is 0.540 e. The minimum absolute atomic E-state index is 0.209. The van der Waals surface area contributed by atoms with E-state index in [9.17, 15) is 9.90 Å². The van der Waals surface area contributed by atoms with Gasteiger partial charge in [0.05, 0.1) is 19.8 Å². The van der Waals surface area contributed by atoms with E-state index in [1.54, 1.807) is 31.4 Å². The van der Waals surface area contributed by atoms with Crippen LogP contribution < -0.4 is 13.9 Å². The van der Waals surface area contributed by atoms with Gasteiger partial charge in [0.15, 0.2) is 11.5 Å². The fourth-order valence-corrected chi connectivity index (χ4v) is 2.82. The first-order valence-corrected chi connectivity index (χ1v) is 7.19. The second-order valence-corrected chi connectivity index (χ2v) is 5.17. The Morgan fingerprint density at radius 1 is 0.957 bits per heavy atom. The highest BCUT2D eigenvalue weighted by Crippen LogP contribution is 2.38. The van der Waals surface area contributed by atoms with Crippen LogP contribution in [0.25, 0.3) is 21.5 Å². The molecule has 0 spiro atoms. The molecular formula is C17H13O5Si. The van der Waals surface area contributed by atoms with E-state index in [4.69, 9.17) is 13.9 Å². The number of carbonyl (C=O) groups is 1. The third-order valence-corrected chi connectivity index (χ3v) is 4.01. The first-order chi connectivity index (χ1) is 11.1. The van der Waals surface area contributed by atoms with Crippen LogP contribution in [0.2, 0.25) is 0 Å². The van der Waals surface area contributed by atoms with Crippen molar-refractivity contribution < 1.29 is 23.8 Å². The Labute approximate surface area is 135 Å². The highest BCUT2D eigenvalue weighted by atomic mass is 28.2. The first-order valence-electron chi connectivity index (χ1n) is 6.78. The van der Waals surface area contributed by atoms with Crippen molar-refractivity contribution in [2.45, 2.75) is 0 Å². The van der Waals surface area contributed by atoms with E-state index in [-0.39, 0.29) is 5.56 Å². The molecule has 3 radical (unpaired) electrons. The second-order valence-electron chi connectivity index (χ2n) is 4.97. The van der Waals surface area contributed by atoms with Gasteiger partial charge in [-0.3, -0.25) is 0 Å². The van der Waals surface area contributed by atoms with Crippen LogP contribution in [0.3, 0.4) is 0 Å². The molecule has 0 aromatic heterocycles. The number of carboxylic acids is 1. The van der Waals surface area contributed by atoms with Gasteiger partial charge in [0.2, 0.25) is 0 Å². The molecule has 5 nitrogen and oxygen atoms in total. The lowest BCUT2D eigenvalue weighted by Crippen LogP contribution is -2.00. The minimum atomic E-state index is -0.996. The maximum Gasteiger partial charge on any atom is 0.341 e. The van der Waals surface area contributed by atoms with E-state index in [1.807, 2.05) is 12.1 Å². The number of carboxylic acid groups (broad SMARTS) is 1. The molecule has 0 fully saturated rings. The van der Waals surface area contributed by atoms with Gasteiger partial charge >= 0.3 is 16.5 Å². The molecule has 3 aromatic rings. The zero-order chi connectivity index (χ0) is 16.6. The quantitative estimate of drug-likeness (QED) is 0.589. The standard InChI is InChI=1S/C17H13O5Si/c1-20-15-7-12-11-6-10(22-23)4-3-9(11)5-14(17(18)19)13(12)8-16(15)21-2/h3-8H,1-2H3,(H,18,19). The highest BCUT2D eigenvalue weighted by Gasteiger charge is 2.16. The van der Waals surface area contributed by atoms with Crippen LogP contribution in [0, 0.1) is 0 Å². The van der Waals surface area contributed by atoms with Gasteiger partial charge in [-0.2, -0.15) is 0 Å². The van der Waals surface area contributed by atoms with E-state index in [1.165, 1.54) is 7.11 Å². The van der Waals surface area contributed by atoms with E-state index in [0.717, 1.165) is 16.2 Å². The molecule has 3 aromatic carbocycles. The SMILES string of the molecule is COc1cc2c(C(=O)O)cc3ccc(O[Si])cc3c2cc1OC. The normalized spacial score (nSPS) is 10.7. The third-order valence-electron chi connectivity index (χ3n) is 3.78. The van der Waals surface area contributed by atoms with Crippen LogP contribution in [0.5, 0.6) is 17.2 Å². The van der Waals surface area contributed by atoms with E-state index in [2.05, 4.69) is 10.5 Å². The Bertz CT molecular complexity index is 920. The summed E-state index contributed by atoms with van der Waals surface area (Å²) in [6.07, 6.45) is 0. The van der Waals surface area contributed by atoms with Crippen molar-refractivity contribution in [3.63, 3.8) is 0 Å². The fraction of sp³-hybridized carbons (Fsp3) is 0.118. The van der Waals surface area contributed by atoms with Crippen LogP contribution in [0.15, 0.2) is 36.4 Å². The molecule has 23 heavy (non-hydrogen) atoms. The van der Waals surface area contributed by atoms with E-state index >= 15 is 0 Å². The van der Waals surface area contributed by atoms with Gasteiger partial charge in [0.1, 0.15) is 5.75 Å². The van der Waals surface area contributed by atoms with Crippen LogP contribution in [-0.2, 0) is 0 Å². The highest BCUT2D eigenvalue weighted by molar-refractivity contribution is 6.16. The van der Waals surface area contributed by atoms with Gasteiger partial charge in [0.25, 0.3) is 0 Å². The molecule has 0 saturated heterocycles. The molecule has 115 valence electrons. The summed E-state index contributed by atoms with van der Waals surface area (Å²) in [5.41, 5.74) is 0.209. The van der Waals surface area contributed by atoms with Crippen molar-refractivity contribution >= 4 is 38.0 Å². The summed E-state index contributed by atoms with van der Waals surface area (Å²) in [5, 5.41) is 12.5. The number of benzene rings is 3. The summed E-state index contributed by atoms with van der Waals surface area (Å²) in [5.74, 6) is 0.640. The van der Waals surface area contributed by atoms with Crippen molar-refractivity contribution in [3.8, 4) is 17.2 Å². The topological polar surface area (TPSA) is 65.0 Å². The van der Waals surface area contributed by atoms with Gasteiger partial charge in [-0.1, -0.05) is 6.07 Å². The number of fused-ring (bicyclic) bond motifs is 3. The number of methoxy groups -OCH3 is 2. The Hall–Kier alpha value is -2.73. The van der Waals surface area contributed by atoms with Crippen LogP contribution in [0.1, 0.15) is 10.4 Å². The molecule has 1 N–H and O–H groups in total. The number of aromatic carboxylic acids is 1. The van der Waals surface area contributed by atoms with Gasteiger partial charge in [-0.25, -0.2) is 4.79 Å². The van der Waals surface area contributed by atoms with E-state index in [0.29, 0.717) is 22.6 Å². The predicted octanol–water partition coefficient (Wildman–Crippen LogP) is 3.17. The molecule has 0 aliphatic heterocycles. The molecule has 0 heterocycles. The molecule has 0 bridgehead atoms. The Morgan fingerprint density at radius 3 is 2.17 bits per heavy atom. The Kier molecular flexibility index (Phi) is 3.83. The number of ether oxygens (including phenoxy) is 2. The second kappa shape index (κ2) is 5.81. The van der Waals surface area contributed by atoms with Crippen molar-refractivity contribution in [2.75, 3.05) is 14.2 Å². The van der Waals surface area contributed by atoms with Gasteiger partial charge < -0.3 is 19.0 Å². The van der Waals surface area contributed by atoms with Crippen molar-refractivity contribution in [1.82, 2.24) is 0 Å². The molecule has 6 heteroatoms. The lowest BCUT2D eigenvalue weighted by atomic mass is 9.96. The van der Waals surface area contributed by atoms with Crippen molar-refractivity contribution in [3.05, 3.63) is 42.0 Å². The number of rotatable bonds is 4. The number of hydrogen-bond donors (Lipinski definition) is 1. The first kappa shape index (κ1) is 15.2. The summed E-state index contributed by atoms with van der Waals surface area (Å²) >= 11 is 0. The Morgan fingerprint density at radius 2 is 1.61 bits per heavy atom. The average Bonchev–Trinajstić information content (AvgIpc) is 2.58. The van der Waals surface area contributed by atoms with Crippen LogP contribution in [0.4, 0.5) is 0 Å². The molecule has 0 aliphatic carbocycles. The van der Waals surface area contributed by atoms with Crippen LogP contribution in [-0.4, -0.2) is 35.8 Å². The maximum atomic E-state index is 11.6. The third kappa shape index (κ3) is 2.47. The van der Waals surface area contributed by atoms with Gasteiger partial charge in [-0.05, 0) is 46.5 Å². The molecule has 0 amide bonds. The summed E-state index contributed by atoms with van der Waals surface area (Å²) in [7, 11) is 6.06. The summed E-state index contributed by atoms with van der Waals surface area (Å²) in [6, 6.07) is 10.5. The van der Waals surface area contributed by atoms with Crippen LogP contribution >= 0.6 is 0 Å². The molecule has 0 unspecified atom stereocenters. The maximum absolute atomic E-state index is 11.6. The lowest BCUT2D eigenvalue weighted by molar-refractivity contribution is 0.0699. The summed E-state index contributed by atoms with van der Waals surface area (Å²) < 4.78 is 15.7. The monoisotopic (exact) mass is 325 g/mol. The fourth-order valence-electron chi connectivity index (χ4n) is 2.69.